The van der Waals surface area contributed by atoms with Crippen LogP contribution in [-0.4, -0.2) is 30.5 Å². The summed E-state index contributed by atoms with van der Waals surface area (Å²) in [6, 6.07) is 13.6. The molecule has 0 aliphatic heterocycles. The number of anilines is 2. The van der Waals surface area contributed by atoms with Gasteiger partial charge in [-0.1, -0.05) is 12.1 Å². The predicted octanol–water partition coefficient (Wildman–Crippen LogP) is 3.42. The lowest BCUT2D eigenvalue weighted by molar-refractivity contribution is -0.118. The summed E-state index contributed by atoms with van der Waals surface area (Å²) in [6.07, 6.45) is 1.61. The number of benzene rings is 2. The molecule has 0 radical (unpaired) electrons. The van der Waals surface area contributed by atoms with E-state index in [0.717, 1.165) is 0 Å². The Morgan fingerprint density at radius 2 is 1.89 bits per heavy atom. The van der Waals surface area contributed by atoms with E-state index in [0.29, 0.717) is 27.9 Å². The van der Waals surface area contributed by atoms with Crippen LogP contribution in [0, 0.1) is 0 Å². The van der Waals surface area contributed by atoms with Crippen molar-refractivity contribution in [3.8, 4) is 11.5 Å². The molecule has 2 aromatic carbocycles. The summed E-state index contributed by atoms with van der Waals surface area (Å²) >= 11 is 1.33. The second-order valence-electron chi connectivity index (χ2n) is 5.39. The van der Waals surface area contributed by atoms with Crippen LogP contribution in [0.1, 0.15) is 10.4 Å². The van der Waals surface area contributed by atoms with Crippen LogP contribution in [0.2, 0.25) is 0 Å². The molecule has 0 aliphatic carbocycles. The van der Waals surface area contributed by atoms with Gasteiger partial charge in [0.2, 0.25) is 0 Å². The molecule has 0 bridgehead atoms. The van der Waals surface area contributed by atoms with Crippen LogP contribution in [0.15, 0.2) is 60.1 Å². The highest BCUT2D eigenvalue weighted by Crippen LogP contribution is 2.19. The summed E-state index contributed by atoms with van der Waals surface area (Å²) < 4.78 is 10.6. The molecule has 0 saturated carbocycles. The van der Waals surface area contributed by atoms with E-state index < -0.39 is 0 Å². The van der Waals surface area contributed by atoms with Gasteiger partial charge in [-0.25, -0.2) is 4.98 Å². The normalized spacial score (nSPS) is 10.1. The number of thiazole rings is 1. The van der Waals surface area contributed by atoms with Crippen molar-refractivity contribution in [3.05, 3.63) is 65.7 Å². The molecule has 0 saturated heterocycles. The molecule has 0 fully saturated rings. The summed E-state index contributed by atoms with van der Waals surface area (Å²) in [5, 5.41) is 7.69. The average molecular weight is 383 g/mol. The number of ether oxygens (including phenoxy) is 2. The second kappa shape index (κ2) is 8.81. The van der Waals surface area contributed by atoms with Gasteiger partial charge in [0.25, 0.3) is 11.8 Å². The van der Waals surface area contributed by atoms with Crippen LogP contribution in [0.4, 0.5) is 10.8 Å². The van der Waals surface area contributed by atoms with Crippen LogP contribution >= 0.6 is 11.3 Å². The number of methoxy groups -OCH3 is 1. The van der Waals surface area contributed by atoms with E-state index >= 15 is 0 Å². The minimum Gasteiger partial charge on any atom is -0.497 e. The third-order valence-corrected chi connectivity index (χ3v) is 4.16. The van der Waals surface area contributed by atoms with Crippen LogP contribution in [0.3, 0.4) is 0 Å². The van der Waals surface area contributed by atoms with Gasteiger partial charge >= 0.3 is 0 Å². The zero-order chi connectivity index (χ0) is 19.1. The van der Waals surface area contributed by atoms with Gasteiger partial charge in [-0.15, -0.1) is 11.3 Å². The van der Waals surface area contributed by atoms with E-state index in [1.165, 1.54) is 11.3 Å². The predicted molar refractivity (Wildman–Crippen MR) is 104 cm³/mol. The van der Waals surface area contributed by atoms with Crippen molar-refractivity contribution < 1.29 is 19.1 Å². The summed E-state index contributed by atoms with van der Waals surface area (Å²) in [6.45, 7) is -0.164. The van der Waals surface area contributed by atoms with Crippen molar-refractivity contribution >= 4 is 34.0 Å². The van der Waals surface area contributed by atoms with E-state index in [9.17, 15) is 9.59 Å². The van der Waals surface area contributed by atoms with Gasteiger partial charge in [0.05, 0.1) is 7.11 Å². The van der Waals surface area contributed by atoms with Gasteiger partial charge in [-0.05, 0) is 30.3 Å². The van der Waals surface area contributed by atoms with Crippen LogP contribution in [0.5, 0.6) is 11.5 Å². The first-order chi connectivity index (χ1) is 13.1. The minimum atomic E-state index is -0.338. The maximum absolute atomic E-state index is 12.2. The Morgan fingerprint density at radius 1 is 1.07 bits per heavy atom. The first kappa shape index (κ1) is 18.4. The minimum absolute atomic E-state index is 0.164. The van der Waals surface area contributed by atoms with Crippen molar-refractivity contribution in [1.82, 2.24) is 4.98 Å². The molecule has 1 aromatic heterocycles. The van der Waals surface area contributed by atoms with Gasteiger partial charge in [-0.2, -0.15) is 0 Å². The van der Waals surface area contributed by atoms with E-state index in [2.05, 4.69) is 15.6 Å². The molecule has 2 N–H and O–H groups in total. The Bertz CT molecular complexity index is 928. The second-order valence-corrected chi connectivity index (χ2v) is 6.28. The largest absolute Gasteiger partial charge is 0.497 e. The molecule has 1 heterocycles. The summed E-state index contributed by atoms with van der Waals surface area (Å²) in [5.41, 5.74) is 0.915. The van der Waals surface area contributed by atoms with Crippen LogP contribution in [0.25, 0.3) is 0 Å². The highest BCUT2D eigenvalue weighted by molar-refractivity contribution is 7.13. The van der Waals surface area contributed by atoms with E-state index in [4.69, 9.17) is 9.47 Å². The van der Waals surface area contributed by atoms with E-state index in [1.54, 1.807) is 67.2 Å². The van der Waals surface area contributed by atoms with Crippen LogP contribution < -0.4 is 20.1 Å². The monoisotopic (exact) mass is 383 g/mol. The molecule has 7 nitrogen and oxygen atoms in total. The number of rotatable bonds is 7. The summed E-state index contributed by atoms with van der Waals surface area (Å²) in [5.74, 6) is 0.539. The molecule has 27 heavy (non-hydrogen) atoms. The number of carbonyl (C=O) groups excluding carboxylic acids is 2. The Balaban J connectivity index is 1.56. The van der Waals surface area contributed by atoms with Gasteiger partial charge in [0.15, 0.2) is 11.7 Å². The molecule has 0 atom stereocenters. The number of hydrogen-bond donors (Lipinski definition) is 2. The standard InChI is InChI=1S/C19H17N3O4S/c1-25-15-6-3-7-16(11-15)26-12-17(23)21-14-5-2-4-13(10-14)18(24)22-19-20-8-9-27-19/h2-11H,12H2,1H3,(H,21,23)(H,20,22,24). The highest BCUT2D eigenvalue weighted by atomic mass is 32.1. The van der Waals surface area contributed by atoms with Crippen LogP contribution in [-0.2, 0) is 4.79 Å². The molecule has 138 valence electrons. The molecule has 3 rings (SSSR count). The number of carbonyl (C=O) groups is 2. The van der Waals surface area contributed by atoms with Crippen molar-refractivity contribution in [3.63, 3.8) is 0 Å². The van der Waals surface area contributed by atoms with Gasteiger partial charge in [0, 0.05) is 28.9 Å². The quantitative estimate of drug-likeness (QED) is 0.652. The van der Waals surface area contributed by atoms with Crippen molar-refractivity contribution in [1.29, 1.82) is 0 Å². The third-order valence-electron chi connectivity index (χ3n) is 3.47. The molecule has 0 aliphatic rings. The first-order valence-electron chi connectivity index (χ1n) is 8.01. The fourth-order valence-electron chi connectivity index (χ4n) is 2.23. The van der Waals surface area contributed by atoms with E-state index in [-0.39, 0.29) is 18.4 Å². The number of hydrogen-bond acceptors (Lipinski definition) is 6. The Kier molecular flexibility index (Phi) is 6.01. The lowest BCUT2D eigenvalue weighted by atomic mass is 10.2. The zero-order valence-electron chi connectivity index (χ0n) is 14.5. The SMILES string of the molecule is COc1cccc(OCC(=O)Nc2cccc(C(=O)Nc3nccs3)c2)c1. The average Bonchev–Trinajstić information content (AvgIpc) is 3.20. The highest BCUT2D eigenvalue weighted by Gasteiger charge is 2.10. The van der Waals surface area contributed by atoms with Gasteiger partial charge in [-0.3, -0.25) is 14.9 Å². The molecule has 8 heteroatoms. The Morgan fingerprint density at radius 3 is 2.67 bits per heavy atom. The van der Waals surface area contributed by atoms with E-state index in [1.807, 2.05) is 0 Å². The maximum Gasteiger partial charge on any atom is 0.262 e. The summed E-state index contributed by atoms with van der Waals surface area (Å²) in [4.78, 5) is 28.3. The lowest BCUT2D eigenvalue weighted by Crippen LogP contribution is -2.20. The maximum atomic E-state index is 12.2. The Hall–Kier alpha value is -3.39. The molecule has 0 unspecified atom stereocenters. The Labute approximate surface area is 160 Å². The third kappa shape index (κ3) is 5.29. The fraction of sp³-hybridized carbons (Fsp3) is 0.105. The number of amides is 2. The molecule has 2 amide bonds. The topological polar surface area (TPSA) is 89.5 Å². The first-order valence-corrected chi connectivity index (χ1v) is 8.89. The smallest absolute Gasteiger partial charge is 0.262 e. The van der Waals surface area contributed by atoms with Gasteiger partial charge < -0.3 is 14.8 Å². The number of nitrogens with zero attached hydrogens (tertiary/aromatic N) is 1. The van der Waals surface area contributed by atoms with Crippen molar-refractivity contribution in [2.45, 2.75) is 0 Å². The summed E-state index contributed by atoms with van der Waals surface area (Å²) in [7, 11) is 1.56. The molecule has 0 spiro atoms. The molecule has 3 aromatic rings. The van der Waals surface area contributed by atoms with Crippen molar-refractivity contribution in [2.24, 2.45) is 0 Å². The molecular weight excluding hydrogens is 366 g/mol. The van der Waals surface area contributed by atoms with Crippen molar-refractivity contribution in [2.75, 3.05) is 24.4 Å². The number of aromatic nitrogens is 1. The lowest BCUT2D eigenvalue weighted by Gasteiger charge is -2.09. The number of nitrogens with one attached hydrogen (secondary N) is 2. The van der Waals surface area contributed by atoms with Gasteiger partial charge in [0.1, 0.15) is 11.5 Å². The molecular formula is C19H17N3O4S. The zero-order valence-corrected chi connectivity index (χ0v) is 15.3. The fourth-order valence-corrected chi connectivity index (χ4v) is 2.75.